The number of nitrogens with zero attached hydrogens (tertiary/aromatic N) is 3. The third-order valence-electron chi connectivity index (χ3n) is 3.77. The second-order valence-corrected chi connectivity index (χ2v) is 5.86. The zero-order valence-electron chi connectivity index (χ0n) is 13.9. The summed E-state index contributed by atoms with van der Waals surface area (Å²) in [6, 6.07) is 4.24. The zero-order valence-corrected chi connectivity index (χ0v) is 13.9. The highest BCUT2D eigenvalue weighted by atomic mass is 16.2. The quantitative estimate of drug-likeness (QED) is 0.666. The summed E-state index contributed by atoms with van der Waals surface area (Å²) in [5, 5.41) is 11.5. The summed E-state index contributed by atoms with van der Waals surface area (Å²) in [5.74, 6) is -0.118. The number of hydrogen-bond donors (Lipinski definition) is 3. The first-order valence-electron chi connectivity index (χ1n) is 7.79. The van der Waals surface area contributed by atoms with E-state index in [-0.39, 0.29) is 18.9 Å². The molecule has 1 atom stereocenters. The van der Waals surface area contributed by atoms with Gasteiger partial charge < -0.3 is 10.6 Å². The molecule has 0 radical (unpaired) electrons. The topological polar surface area (TPSA) is 118 Å². The fourth-order valence-electron chi connectivity index (χ4n) is 2.57. The summed E-state index contributed by atoms with van der Waals surface area (Å²) in [6.07, 6.45) is 1.56. The predicted molar refractivity (Wildman–Crippen MR) is 87.8 cm³/mol. The van der Waals surface area contributed by atoms with Crippen molar-refractivity contribution in [3.8, 4) is 5.82 Å². The van der Waals surface area contributed by atoms with Crippen LogP contribution in [0, 0.1) is 13.8 Å². The Morgan fingerprint density at radius 2 is 2.12 bits per heavy atom. The average molecular weight is 342 g/mol. The molecule has 4 amide bonds. The monoisotopic (exact) mass is 342 g/mol. The Hall–Kier alpha value is -3.23. The molecule has 0 bridgehead atoms. The molecule has 1 aliphatic rings. The molecule has 2 aromatic rings. The highest BCUT2D eigenvalue weighted by Gasteiger charge is 2.31. The summed E-state index contributed by atoms with van der Waals surface area (Å²) in [7, 11) is 0. The van der Waals surface area contributed by atoms with Crippen molar-refractivity contribution in [1.29, 1.82) is 0 Å². The molecule has 1 fully saturated rings. The molecule has 130 valence electrons. The van der Waals surface area contributed by atoms with Gasteiger partial charge in [0.1, 0.15) is 6.04 Å². The molecule has 0 saturated carbocycles. The van der Waals surface area contributed by atoms with Crippen molar-refractivity contribution < 1.29 is 14.4 Å². The molecule has 25 heavy (non-hydrogen) atoms. The number of urea groups is 1. The molecule has 1 saturated heterocycles. The minimum atomic E-state index is -0.820. The van der Waals surface area contributed by atoms with Crippen LogP contribution in [0.2, 0.25) is 0 Å². The number of hydrogen-bond acceptors (Lipinski definition) is 5. The van der Waals surface area contributed by atoms with E-state index in [1.54, 1.807) is 10.9 Å². The van der Waals surface area contributed by atoms with E-state index in [1.807, 2.05) is 32.0 Å². The lowest BCUT2D eigenvalue weighted by molar-refractivity contribution is -0.126. The fraction of sp³-hybridized carbons (Fsp3) is 0.312. The SMILES string of the molecule is Cc1cc(C)n(-c2ccc(CNC(=O)C[C@@H]3NC(=O)NC3=O)cn2)n1. The van der Waals surface area contributed by atoms with E-state index in [9.17, 15) is 14.4 Å². The number of nitrogens with one attached hydrogen (secondary N) is 3. The summed E-state index contributed by atoms with van der Waals surface area (Å²) in [6.45, 7) is 4.15. The first-order valence-corrected chi connectivity index (χ1v) is 7.79. The number of carbonyl (C=O) groups is 3. The van der Waals surface area contributed by atoms with Crippen molar-refractivity contribution in [2.75, 3.05) is 0 Å². The average Bonchev–Trinajstić information content (AvgIpc) is 3.06. The number of aryl methyl sites for hydroxylation is 2. The molecule has 9 nitrogen and oxygen atoms in total. The Bertz CT molecular complexity index is 827. The van der Waals surface area contributed by atoms with Gasteiger partial charge in [-0.05, 0) is 31.5 Å². The Kier molecular flexibility index (Phi) is 4.46. The van der Waals surface area contributed by atoms with Crippen molar-refractivity contribution in [1.82, 2.24) is 30.7 Å². The van der Waals surface area contributed by atoms with E-state index in [1.165, 1.54) is 0 Å². The second kappa shape index (κ2) is 6.71. The third-order valence-corrected chi connectivity index (χ3v) is 3.77. The molecule has 2 aromatic heterocycles. The van der Waals surface area contributed by atoms with Gasteiger partial charge >= 0.3 is 6.03 Å². The van der Waals surface area contributed by atoms with Crippen LogP contribution in [0.3, 0.4) is 0 Å². The summed E-state index contributed by atoms with van der Waals surface area (Å²) in [4.78, 5) is 38.6. The first kappa shape index (κ1) is 16.6. The minimum absolute atomic E-state index is 0.102. The van der Waals surface area contributed by atoms with Gasteiger partial charge in [0.15, 0.2) is 5.82 Å². The maximum absolute atomic E-state index is 11.9. The van der Waals surface area contributed by atoms with Gasteiger partial charge in [0, 0.05) is 18.4 Å². The van der Waals surface area contributed by atoms with E-state index in [4.69, 9.17) is 0 Å². The van der Waals surface area contributed by atoms with E-state index in [0.717, 1.165) is 17.0 Å². The van der Waals surface area contributed by atoms with Gasteiger partial charge in [-0.2, -0.15) is 5.10 Å². The molecule has 0 aromatic carbocycles. The van der Waals surface area contributed by atoms with Crippen molar-refractivity contribution in [3.05, 3.63) is 41.3 Å². The van der Waals surface area contributed by atoms with E-state index in [0.29, 0.717) is 5.82 Å². The van der Waals surface area contributed by atoms with Crippen LogP contribution in [0.25, 0.3) is 5.82 Å². The van der Waals surface area contributed by atoms with Crippen LogP contribution in [-0.2, 0) is 16.1 Å². The van der Waals surface area contributed by atoms with E-state index >= 15 is 0 Å². The molecule has 3 rings (SSSR count). The van der Waals surface area contributed by atoms with Gasteiger partial charge in [-0.25, -0.2) is 14.5 Å². The molecule has 3 heterocycles. The van der Waals surface area contributed by atoms with Crippen LogP contribution in [0.15, 0.2) is 24.4 Å². The van der Waals surface area contributed by atoms with Crippen LogP contribution >= 0.6 is 0 Å². The lowest BCUT2D eigenvalue weighted by atomic mass is 10.2. The van der Waals surface area contributed by atoms with Gasteiger partial charge in [0.05, 0.1) is 12.1 Å². The van der Waals surface area contributed by atoms with Gasteiger partial charge in [0.2, 0.25) is 5.91 Å². The van der Waals surface area contributed by atoms with Crippen LogP contribution < -0.4 is 16.0 Å². The highest BCUT2D eigenvalue weighted by Crippen LogP contribution is 2.10. The smallest absolute Gasteiger partial charge is 0.322 e. The Morgan fingerprint density at radius 1 is 1.32 bits per heavy atom. The van der Waals surface area contributed by atoms with Crippen LogP contribution in [-0.4, -0.2) is 38.7 Å². The number of amides is 4. The predicted octanol–water partition coefficient (Wildman–Crippen LogP) is 0.0984. The van der Waals surface area contributed by atoms with Crippen LogP contribution in [0.4, 0.5) is 4.79 Å². The Morgan fingerprint density at radius 3 is 2.68 bits per heavy atom. The number of carbonyl (C=O) groups excluding carboxylic acids is 3. The number of pyridine rings is 1. The normalized spacial score (nSPS) is 16.5. The molecule has 3 N–H and O–H groups in total. The minimum Gasteiger partial charge on any atom is -0.352 e. The molecule has 9 heteroatoms. The van der Waals surface area contributed by atoms with Crippen molar-refractivity contribution >= 4 is 17.8 Å². The fourth-order valence-corrected chi connectivity index (χ4v) is 2.57. The second-order valence-electron chi connectivity index (χ2n) is 5.86. The van der Waals surface area contributed by atoms with Crippen molar-refractivity contribution in [2.24, 2.45) is 0 Å². The van der Waals surface area contributed by atoms with Crippen LogP contribution in [0.5, 0.6) is 0 Å². The van der Waals surface area contributed by atoms with Crippen LogP contribution in [0.1, 0.15) is 23.4 Å². The van der Waals surface area contributed by atoms with Crippen molar-refractivity contribution in [3.63, 3.8) is 0 Å². The van der Waals surface area contributed by atoms with Gasteiger partial charge in [-0.15, -0.1) is 0 Å². The molecule has 0 unspecified atom stereocenters. The summed E-state index contributed by atoms with van der Waals surface area (Å²) >= 11 is 0. The van der Waals surface area contributed by atoms with Crippen molar-refractivity contribution in [2.45, 2.75) is 32.9 Å². The van der Waals surface area contributed by atoms with Gasteiger partial charge in [-0.3, -0.25) is 14.9 Å². The van der Waals surface area contributed by atoms with Gasteiger partial charge in [-0.1, -0.05) is 6.07 Å². The number of rotatable bonds is 5. The first-order chi connectivity index (χ1) is 11.9. The van der Waals surface area contributed by atoms with E-state index < -0.39 is 18.0 Å². The summed E-state index contributed by atoms with van der Waals surface area (Å²) < 4.78 is 1.75. The molecular weight excluding hydrogens is 324 g/mol. The maximum atomic E-state index is 11.9. The maximum Gasteiger partial charge on any atom is 0.322 e. The number of imide groups is 1. The summed E-state index contributed by atoms with van der Waals surface area (Å²) in [5.41, 5.74) is 2.72. The molecule has 0 aliphatic carbocycles. The van der Waals surface area contributed by atoms with Gasteiger partial charge in [0.25, 0.3) is 5.91 Å². The zero-order chi connectivity index (χ0) is 18.0. The lowest BCUT2D eigenvalue weighted by Crippen LogP contribution is -2.36. The molecular formula is C16H18N6O3. The molecule has 0 spiro atoms. The molecule has 1 aliphatic heterocycles. The Labute approximate surface area is 143 Å². The Balaban J connectivity index is 1.55. The van der Waals surface area contributed by atoms with E-state index in [2.05, 4.69) is 26.0 Å². The lowest BCUT2D eigenvalue weighted by Gasteiger charge is -2.09. The largest absolute Gasteiger partial charge is 0.352 e. The highest BCUT2D eigenvalue weighted by molar-refractivity contribution is 6.05. The standard InChI is InChI=1S/C16H18N6O3/c1-9-5-10(2)22(21-9)13-4-3-11(7-17-13)8-18-14(23)6-12-15(24)20-16(25)19-12/h3-5,7,12H,6,8H2,1-2H3,(H,18,23)(H2,19,20,24,25)/t12-/m0/s1. The number of aromatic nitrogens is 3. The third kappa shape index (κ3) is 3.82.